The Labute approximate surface area is 130 Å². The highest BCUT2D eigenvalue weighted by molar-refractivity contribution is 5.97. The van der Waals surface area contributed by atoms with Gasteiger partial charge in [-0.3, -0.25) is 9.59 Å². The fourth-order valence-electron chi connectivity index (χ4n) is 2.08. The minimum absolute atomic E-state index is 0.0961. The van der Waals surface area contributed by atoms with Crippen molar-refractivity contribution in [2.75, 3.05) is 6.61 Å². The molecule has 0 amide bonds. The van der Waals surface area contributed by atoms with E-state index in [4.69, 9.17) is 9.84 Å². The number of allylic oxidation sites excluding steroid dienone is 1. The first kappa shape index (κ1) is 17.8. The molecule has 1 aromatic rings. The van der Waals surface area contributed by atoms with Crippen molar-refractivity contribution in [1.82, 2.24) is 0 Å². The lowest BCUT2D eigenvalue weighted by Crippen LogP contribution is -2.03. The van der Waals surface area contributed by atoms with E-state index in [1.165, 1.54) is 13.0 Å². The SMILES string of the molecule is C=CCc1cc(C(C)=O)c(O)cc1OCCCCCC(=O)O. The molecule has 2 N–H and O–H groups in total. The highest BCUT2D eigenvalue weighted by atomic mass is 16.5. The van der Waals surface area contributed by atoms with E-state index in [-0.39, 0.29) is 23.5 Å². The molecule has 0 aliphatic heterocycles. The second-order valence-corrected chi connectivity index (χ2v) is 5.08. The van der Waals surface area contributed by atoms with E-state index in [0.29, 0.717) is 25.2 Å². The van der Waals surface area contributed by atoms with E-state index in [2.05, 4.69) is 6.58 Å². The second-order valence-electron chi connectivity index (χ2n) is 5.08. The predicted octanol–water partition coefficient (Wildman–Crippen LogP) is 3.35. The summed E-state index contributed by atoms with van der Waals surface area (Å²) >= 11 is 0. The number of rotatable bonds is 10. The molecular formula is C17H22O5. The molecule has 0 radical (unpaired) electrons. The van der Waals surface area contributed by atoms with E-state index in [1.54, 1.807) is 12.1 Å². The van der Waals surface area contributed by atoms with Gasteiger partial charge in [-0.05, 0) is 44.2 Å². The molecule has 0 aliphatic rings. The van der Waals surface area contributed by atoms with Crippen LogP contribution >= 0.6 is 0 Å². The molecule has 5 nitrogen and oxygen atoms in total. The maximum atomic E-state index is 11.4. The number of phenolic OH excluding ortho intramolecular Hbond substituents is 1. The van der Waals surface area contributed by atoms with Gasteiger partial charge in [0, 0.05) is 12.5 Å². The molecule has 0 atom stereocenters. The molecule has 0 saturated heterocycles. The van der Waals surface area contributed by atoms with Gasteiger partial charge in [0.25, 0.3) is 0 Å². The van der Waals surface area contributed by atoms with Gasteiger partial charge in [0.1, 0.15) is 11.5 Å². The van der Waals surface area contributed by atoms with Crippen LogP contribution in [0.15, 0.2) is 24.8 Å². The Bertz CT molecular complexity index is 548. The topological polar surface area (TPSA) is 83.8 Å². The van der Waals surface area contributed by atoms with Gasteiger partial charge in [-0.25, -0.2) is 0 Å². The first-order valence-corrected chi connectivity index (χ1v) is 7.28. The summed E-state index contributed by atoms with van der Waals surface area (Å²) in [6.45, 7) is 5.50. The van der Waals surface area contributed by atoms with Crippen molar-refractivity contribution in [1.29, 1.82) is 0 Å². The summed E-state index contributed by atoms with van der Waals surface area (Å²) in [7, 11) is 0. The summed E-state index contributed by atoms with van der Waals surface area (Å²) in [5.74, 6) is -0.566. The number of aromatic hydroxyl groups is 1. The fraction of sp³-hybridized carbons (Fsp3) is 0.412. The highest BCUT2D eigenvalue weighted by Gasteiger charge is 2.12. The fourth-order valence-corrected chi connectivity index (χ4v) is 2.08. The summed E-state index contributed by atoms with van der Waals surface area (Å²) in [5.41, 5.74) is 1.06. The van der Waals surface area contributed by atoms with Crippen LogP contribution in [0.25, 0.3) is 0 Å². The lowest BCUT2D eigenvalue weighted by Gasteiger charge is -2.13. The van der Waals surface area contributed by atoms with E-state index in [1.807, 2.05) is 0 Å². The summed E-state index contributed by atoms with van der Waals surface area (Å²) in [6.07, 6.45) is 4.52. The van der Waals surface area contributed by atoms with Crippen LogP contribution in [0.3, 0.4) is 0 Å². The number of carboxylic acid groups (broad SMARTS) is 1. The van der Waals surface area contributed by atoms with Crippen molar-refractivity contribution in [3.05, 3.63) is 35.9 Å². The normalized spacial score (nSPS) is 10.2. The Balaban J connectivity index is 2.65. The molecule has 0 heterocycles. The smallest absolute Gasteiger partial charge is 0.303 e. The molecule has 1 rings (SSSR count). The third-order valence-corrected chi connectivity index (χ3v) is 3.21. The number of unbranched alkanes of at least 4 members (excludes halogenated alkanes) is 2. The Morgan fingerprint density at radius 3 is 2.59 bits per heavy atom. The number of benzene rings is 1. The molecule has 0 aromatic heterocycles. The molecule has 5 heteroatoms. The van der Waals surface area contributed by atoms with Crippen LogP contribution in [0, 0.1) is 0 Å². The molecule has 1 aromatic carbocycles. The molecular weight excluding hydrogens is 284 g/mol. The van der Waals surface area contributed by atoms with Crippen LogP contribution in [0.4, 0.5) is 0 Å². The van der Waals surface area contributed by atoms with Gasteiger partial charge >= 0.3 is 5.97 Å². The largest absolute Gasteiger partial charge is 0.507 e. The quantitative estimate of drug-likeness (QED) is 0.393. The molecule has 22 heavy (non-hydrogen) atoms. The summed E-state index contributed by atoms with van der Waals surface area (Å²) in [6, 6.07) is 3.08. The zero-order valence-electron chi connectivity index (χ0n) is 12.8. The zero-order chi connectivity index (χ0) is 16.5. The number of carbonyl (C=O) groups is 2. The lowest BCUT2D eigenvalue weighted by atomic mass is 10.0. The van der Waals surface area contributed by atoms with Gasteiger partial charge in [-0.1, -0.05) is 6.08 Å². The van der Waals surface area contributed by atoms with Gasteiger partial charge in [-0.2, -0.15) is 0 Å². The number of carbonyl (C=O) groups excluding carboxylic acids is 1. The maximum absolute atomic E-state index is 11.4. The Morgan fingerprint density at radius 1 is 1.27 bits per heavy atom. The van der Waals surface area contributed by atoms with Crippen LogP contribution in [0.2, 0.25) is 0 Å². The van der Waals surface area contributed by atoms with Crippen molar-refractivity contribution in [3.63, 3.8) is 0 Å². The number of ether oxygens (including phenoxy) is 1. The zero-order valence-corrected chi connectivity index (χ0v) is 12.8. The van der Waals surface area contributed by atoms with Crippen LogP contribution in [-0.2, 0) is 11.2 Å². The minimum Gasteiger partial charge on any atom is -0.507 e. The Kier molecular flexibility index (Phi) is 7.16. The van der Waals surface area contributed by atoms with Crippen molar-refractivity contribution >= 4 is 11.8 Å². The Morgan fingerprint density at radius 2 is 2.00 bits per heavy atom. The van der Waals surface area contributed by atoms with Crippen molar-refractivity contribution in [3.8, 4) is 11.5 Å². The summed E-state index contributed by atoms with van der Waals surface area (Å²) in [4.78, 5) is 21.8. The standard InChI is InChI=1S/C17H22O5/c1-3-7-13-10-14(12(2)18)15(19)11-16(13)22-9-6-4-5-8-17(20)21/h3,10-11,19H,1,4-9H2,2H3,(H,20,21). The summed E-state index contributed by atoms with van der Waals surface area (Å²) < 4.78 is 5.65. The van der Waals surface area contributed by atoms with Gasteiger partial charge in [0.15, 0.2) is 5.78 Å². The first-order valence-electron chi connectivity index (χ1n) is 7.28. The van der Waals surface area contributed by atoms with Crippen molar-refractivity contribution < 1.29 is 24.5 Å². The molecule has 0 bridgehead atoms. The van der Waals surface area contributed by atoms with E-state index < -0.39 is 5.97 Å². The minimum atomic E-state index is -0.793. The van der Waals surface area contributed by atoms with Crippen LogP contribution < -0.4 is 4.74 Å². The number of hydrogen-bond acceptors (Lipinski definition) is 4. The van der Waals surface area contributed by atoms with Crippen molar-refractivity contribution in [2.24, 2.45) is 0 Å². The first-order chi connectivity index (χ1) is 10.5. The molecule has 0 fully saturated rings. The maximum Gasteiger partial charge on any atom is 0.303 e. The monoisotopic (exact) mass is 306 g/mol. The van der Waals surface area contributed by atoms with Gasteiger partial charge in [0.05, 0.1) is 12.2 Å². The van der Waals surface area contributed by atoms with Crippen LogP contribution in [0.5, 0.6) is 11.5 Å². The highest BCUT2D eigenvalue weighted by Crippen LogP contribution is 2.29. The average molecular weight is 306 g/mol. The number of phenols is 1. The van der Waals surface area contributed by atoms with E-state index in [0.717, 1.165) is 18.4 Å². The predicted molar refractivity (Wildman–Crippen MR) is 83.6 cm³/mol. The third kappa shape index (κ3) is 5.60. The molecule has 0 spiro atoms. The molecule has 0 saturated carbocycles. The molecule has 120 valence electrons. The summed E-state index contributed by atoms with van der Waals surface area (Å²) in [5, 5.41) is 18.4. The number of hydrogen-bond donors (Lipinski definition) is 2. The molecule has 0 aliphatic carbocycles. The van der Waals surface area contributed by atoms with Crippen LogP contribution in [0.1, 0.15) is 48.5 Å². The van der Waals surface area contributed by atoms with Gasteiger partial charge < -0.3 is 14.9 Å². The number of carboxylic acids is 1. The van der Waals surface area contributed by atoms with Crippen molar-refractivity contribution in [2.45, 2.75) is 39.0 Å². The average Bonchev–Trinajstić information content (AvgIpc) is 2.44. The van der Waals surface area contributed by atoms with E-state index >= 15 is 0 Å². The third-order valence-electron chi connectivity index (χ3n) is 3.21. The van der Waals surface area contributed by atoms with Gasteiger partial charge in [0.2, 0.25) is 0 Å². The number of ketones is 1. The van der Waals surface area contributed by atoms with Crippen LogP contribution in [-0.4, -0.2) is 28.6 Å². The van der Waals surface area contributed by atoms with Gasteiger partial charge in [-0.15, -0.1) is 6.58 Å². The second kappa shape index (κ2) is 8.87. The van der Waals surface area contributed by atoms with E-state index in [9.17, 15) is 14.7 Å². The Hall–Kier alpha value is -2.30. The number of aliphatic carboxylic acids is 1. The number of Topliss-reactive ketones (excluding diaryl/α,β-unsaturated/α-hetero) is 1. The molecule has 0 unspecified atom stereocenters. The lowest BCUT2D eigenvalue weighted by molar-refractivity contribution is -0.137.